The van der Waals surface area contributed by atoms with Crippen molar-refractivity contribution in [2.24, 2.45) is 7.05 Å². The molecule has 0 aromatic carbocycles. The van der Waals surface area contributed by atoms with E-state index in [1.165, 1.54) is 11.7 Å². The van der Waals surface area contributed by atoms with Crippen LogP contribution in [0.1, 0.15) is 20.3 Å². The van der Waals surface area contributed by atoms with Crippen LogP contribution >= 0.6 is 11.8 Å². The highest BCUT2D eigenvalue weighted by atomic mass is 32.2. The van der Waals surface area contributed by atoms with Gasteiger partial charge < -0.3 is 10.4 Å². The van der Waals surface area contributed by atoms with Crippen LogP contribution < -0.4 is 16.4 Å². The maximum absolute atomic E-state index is 11.3. The first kappa shape index (κ1) is 16.4. The summed E-state index contributed by atoms with van der Waals surface area (Å²) in [5.41, 5.74) is -2.82. The van der Waals surface area contributed by atoms with Crippen molar-refractivity contribution in [1.29, 1.82) is 0 Å². The van der Waals surface area contributed by atoms with Crippen LogP contribution in [0.15, 0.2) is 14.7 Å². The lowest BCUT2D eigenvalue weighted by Crippen LogP contribution is -2.52. The van der Waals surface area contributed by atoms with E-state index in [1.54, 1.807) is 6.92 Å². The molecule has 0 fully saturated rings. The fraction of sp³-hybridized carbons (Fsp3) is 0.636. The van der Waals surface area contributed by atoms with Crippen molar-refractivity contribution in [2.75, 3.05) is 12.3 Å². The average Bonchev–Trinajstić information content (AvgIpc) is 2.38. The fourth-order valence-electron chi connectivity index (χ4n) is 1.39. The second kappa shape index (κ2) is 6.71. The Bertz CT molecular complexity index is 597. The van der Waals surface area contributed by atoms with Crippen molar-refractivity contribution in [2.45, 2.75) is 31.0 Å². The summed E-state index contributed by atoms with van der Waals surface area (Å²) >= 11 is 1.09. The Hall–Kier alpha value is -1.61. The van der Waals surface area contributed by atoms with Gasteiger partial charge in [0.05, 0.1) is 0 Å². The zero-order valence-electron chi connectivity index (χ0n) is 11.6. The second-order valence-electron chi connectivity index (χ2n) is 4.55. The number of aryl methyl sites for hydroxylation is 1. The number of nitrogens with zero attached hydrogens (tertiary/aromatic N) is 2. The number of H-pyrrole nitrogens is 1. The quantitative estimate of drug-likeness (QED) is 0.455. The lowest BCUT2D eigenvalue weighted by atomic mass is 10.1. The molecule has 8 nitrogen and oxygen atoms in total. The third-order valence-corrected chi connectivity index (χ3v) is 4.02. The van der Waals surface area contributed by atoms with E-state index in [0.29, 0.717) is 6.54 Å². The molecule has 1 heterocycles. The average molecular weight is 302 g/mol. The molecule has 0 saturated carbocycles. The number of hydrogen-bond acceptors (Lipinski definition) is 6. The van der Waals surface area contributed by atoms with Crippen LogP contribution in [0.25, 0.3) is 0 Å². The molecule has 0 spiro atoms. The third-order valence-electron chi connectivity index (χ3n) is 2.67. The van der Waals surface area contributed by atoms with Crippen molar-refractivity contribution in [3.8, 4) is 0 Å². The van der Waals surface area contributed by atoms with Crippen LogP contribution in [0.2, 0.25) is 0 Å². The summed E-state index contributed by atoms with van der Waals surface area (Å²) in [7, 11) is 1.54. The molecule has 0 amide bonds. The molecule has 1 aromatic heterocycles. The van der Waals surface area contributed by atoms with Gasteiger partial charge in [0.15, 0.2) is 5.16 Å². The van der Waals surface area contributed by atoms with Gasteiger partial charge in [0.25, 0.3) is 0 Å². The molecule has 0 aliphatic carbocycles. The zero-order chi connectivity index (χ0) is 15.3. The molecule has 1 unspecified atom stereocenters. The van der Waals surface area contributed by atoms with Crippen molar-refractivity contribution in [1.82, 2.24) is 20.1 Å². The Morgan fingerprint density at radius 3 is 2.75 bits per heavy atom. The zero-order valence-corrected chi connectivity index (χ0v) is 12.4. The van der Waals surface area contributed by atoms with Gasteiger partial charge in [-0.1, -0.05) is 18.7 Å². The fourth-order valence-corrected chi connectivity index (χ4v) is 2.42. The monoisotopic (exact) mass is 302 g/mol. The molecule has 0 aliphatic rings. The highest BCUT2D eigenvalue weighted by Crippen LogP contribution is 2.19. The van der Waals surface area contributed by atoms with Crippen LogP contribution in [0, 0.1) is 0 Å². The van der Waals surface area contributed by atoms with Gasteiger partial charge in [-0.2, -0.15) is 4.98 Å². The van der Waals surface area contributed by atoms with Crippen LogP contribution in [0.3, 0.4) is 0 Å². The number of nitrogens with one attached hydrogen (secondary N) is 2. The Balaban J connectivity index is 2.88. The van der Waals surface area contributed by atoms with Crippen molar-refractivity contribution in [3.63, 3.8) is 0 Å². The van der Waals surface area contributed by atoms with Gasteiger partial charge in [0, 0.05) is 12.8 Å². The highest BCUT2D eigenvalue weighted by Gasteiger charge is 2.32. The standard InChI is InChI=1S/C11H18N4O4S/c1-4-5-12-11(2,9(18)19)6-20-10-13-7(16)8(17)14-15(10)3/h12H,4-6H2,1-3H3,(H,14,17)(H,18,19). The summed E-state index contributed by atoms with van der Waals surface area (Å²) in [4.78, 5) is 37.2. The molecule has 0 saturated heterocycles. The number of thioether (sulfide) groups is 1. The molecule has 0 bridgehead atoms. The first-order chi connectivity index (χ1) is 9.30. The summed E-state index contributed by atoms with van der Waals surface area (Å²) in [6, 6.07) is 0. The van der Waals surface area contributed by atoms with Crippen molar-refractivity contribution >= 4 is 17.7 Å². The smallest absolute Gasteiger partial charge is 0.339 e. The minimum Gasteiger partial charge on any atom is -0.480 e. The van der Waals surface area contributed by atoms with Gasteiger partial charge in [0.2, 0.25) is 0 Å². The van der Waals surface area contributed by atoms with Gasteiger partial charge in [-0.25, -0.2) is 0 Å². The first-order valence-corrected chi connectivity index (χ1v) is 7.07. The van der Waals surface area contributed by atoms with E-state index >= 15 is 0 Å². The topological polar surface area (TPSA) is 117 Å². The molecule has 9 heteroatoms. The Kier molecular flexibility index (Phi) is 5.52. The van der Waals surface area contributed by atoms with Crippen LogP contribution in [-0.4, -0.2) is 43.7 Å². The van der Waals surface area contributed by atoms with Crippen LogP contribution in [-0.2, 0) is 11.8 Å². The van der Waals surface area contributed by atoms with Gasteiger partial charge in [-0.05, 0) is 19.9 Å². The van der Waals surface area contributed by atoms with Crippen molar-refractivity contribution < 1.29 is 9.90 Å². The van der Waals surface area contributed by atoms with E-state index in [4.69, 9.17) is 0 Å². The minimum absolute atomic E-state index is 0.175. The largest absolute Gasteiger partial charge is 0.480 e. The lowest BCUT2D eigenvalue weighted by molar-refractivity contribution is -0.143. The third kappa shape index (κ3) is 3.94. The number of aromatic amines is 1. The van der Waals surface area contributed by atoms with E-state index in [9.17, 15) is 19.5 Å². The van der Waals surface area contributed by atoms with Gasteiger partial charge in [0.1, 0.15) is 5.54 Å². The molecule has 0 radical (unpaired) electrons. The van der Waals surface area contributed by atoms with E-state index in [2.05, 4.69) is 15.4 Å². The van der Waals surface area contributed by atoms with Crippen LogP contribution in [0.5, 0.6) is 0 Å². The molecule has 1 rings (SSSR count). The Labute approximate surface area is 119 Å². The summed E-state index contributed by atoms with van der Waals surface area (Å²) in [6.45, 7) is 4.08. The molecule has 1 atom stereocenters. The summed E-state index contributed by atoms with van der Waals surface area (Å²) in [5, 5.41) is 14.8. The van der Waals surface area contributed by atoms with Gasteiger partial charge >= 0.3 is 17.1 Å². The number of carboxylic acid groups (broad SMARTS) is 1. The van der Waals surface area contributed by atoms with E-state index in [-0.39, 0.29) is 10.9 Å². The number of aromatic nitrogens is 3. The number of hydrogen-bond donors (Lipinski definition) is 3. The normalized spacial score (nSPS) is 13.9. The molecule has 0 aliphatic heterocycles. The lowest BCUT2D eigenvalue weighted by Gasteiger charge is -2.25. The highest BCUT2D eigenvalue weighted by molar-refractivity contribution is 7.99. The van der Waals surface area contributed by atoms with Crippen LogP contribution in [0.4, 0.5) is 0 Å². The van der Waals surface area contributed by atoms with Gasteiger partial charge in [-0.15, -0.1) is 0 Å². The Morgan fingerprint density at radius 2 is 2.20 bits per heavy atom. The number of aliphatic carboxylic acids is 1. The summed E-state index contributed by atoms with van der Waals surface area (Å²) in [6.07, 6.45) is 0.808. The number of carbonyl (C=O) groups is 1. The van der Waals surface area contributed by atoms with Gasteiger partial charge in [-0.3, -0.25) is 24.2 Å². The minimum atomic E-state index is -1.13. The summed E-state index contributed by atoms with van der Waals surface area (Å²) < 4.78 is 1.30. The second-order valence-corrected chi connectivity index (χ2v) is 5.49. The maximum atomic E-state index is 11.3. The molecule has 112 valence electrons. The predicted octanol–water partition coefficient (Wildman–Crippen LogP) is -0.596. The number of rotatable bonds is 7. The Morgan fingerprint density at radius 1 is 1.55 bits per heavy atom. The number of carboxylic acids is 1. The van der Waals surface area contributed by atoms with E-state index in [1.807, 2.05) is 6.92 Å². The van der Waals surface area contributed by atoms with E-state index < -0.39 is 22.6 Å². The summed E-state index contributed by atoms with van der Waals surface area (Å²) in [5.74, 6) is -0.804. The molecule has 20 heavy (non-hydrogen) atoms. The first-order valence-electron chi connectivity index (χ1n) is 6.08. The maximum Gasteiger partial charge on any atom is 0.339 e. The van der Waals surface area contributed by atoms with Crippen molar-refractivity contribution in [3.05, 3.63) is 20.7 Å². The molecule has 1 aromatic rings. The molecule has 3 N–H and O–H groups in total. The molecular weight excluding hydrogens is 284 g/mol. The molecular formula is C11H18N4O4S. The SMILES string of the molecule is CCCNC(C)(CSc1nc(=O)c(=O)[nH]n1C)C(=O)O. The van der Waals surface area contributed by atoms with E-state index in [0.717, 1.165) is 18.2 Å². The predicted molar refractivity (Wildman–Crippen MR) is 75.2 cm³/mol.